The van der Waals surface area contributed by atoms with Crippen molar-refractivity contribution in [1.29, 1.82) is 0 Å². The Bertz CT molecular complexity index is 833. The van der Waals surface area contributed by atoms with Crippen LogP contribution in [0.5, 0.6) is 5.75 Å². The first-order valence-corrected chi connectivity index (χ1v) is 9.60. The molecule has 0 N–H and O–H groups in total. The van der Waals surface area contributed by atoms with E-state index in [-0.39, 0.29) is 17.6 Å². The number of ether oxygens (including phenoxy) is 1. The van der Waals surface area contributed by atoms with E-state index in [9.17, 15) is 9.59 Å². The first-order valence-electron chi connectivity index (χ1n) is 9.60. The lowest BCUT2D eigenvalue weighted by Crippen LogP contribution is -2.44. The predicted octanol–water partition coefficient (Wildman–Crippen LogP) is 3.22. The fourth-order valence-electron chi connectivity index (χ4n) is 3.64. The molecule has 1 aliphatic heterocycles. The molecule has 144 valence electrons. The number of carbonyl (C=O) groups excluding carboxylic acids is 2. The number of fused-ring (bicyclic) bond motifs is 1. The van der Waals surface area contributed by atoms with Crippen molar-refractivity contribution in [3.8, 4) is 5.75 Å². The third-order valence-electron chi connectivity index (χ3n) is 5.47. The smallest absolute Gasteiger partial charge is 0.236 e. The van der Waals surface area contributed by atoms with E-state index >= 15 is 0 Å². The summed E-state index contributed by atoms with van der Waals surface area (Å²) in [6, 6.07) is 11.7. The van der Waals surface area contributed by atoms with Gasteiger partial charge in [-0.05, 0) is 55.3 Å². The standard InChI is InChI=1S/C22H28N2O3/c1-4-23(2)21(25)15-24-11-5-6-19(14-24)22(26)18-8-7-17-13-20(27-3)10-9-16(17)12-18/h7-10,12-13,19H,4-6,11,14-15H2,1-3H3/t19-/m1/s1. The summed E-state index contributed by atoms with van der Waals surface area (Å²) < 4.78 is 5.26. The first-order chi connectivity index (χ1) is 13.0. The van der Waals surface area contributed by atoms with Crippen LogP contribution < -0.4 is 4.74 Å². The van der Waals surface area contributed by atoms with Gasteiger partial charge in [0.25, 0.3) is 0 Å². The van der Waals surface area contributed by atoms with Gasteiger partial charge in [0.15, 0.2) is 5.78 Å². The Kier molecular flexibility index (Phi) is 6.11. The fraction of sp³-hybridized carbons (Fsp3) is 0.455. The maximum Gasteiger partial charge on any atom is 0.236 e. The SMILES string of the molecule is CCN(C)C(=O)CN1CCC[C@@H](C(=O)c2ccc3cc(OC)ccc3c2)C1. The molecule has 1 fully saturated rings. The van der Waals surface area contributed by atoms with Gasteiger partial charge < -0.3 is 9.64 Å². The third-order valence-corrected chi connectivity index (χ3v) is 5.47. The van der Waals surface area contributed by atoms with E-state index in [1.807, 2.05) is 50.4 Å². The number of Topliss-reactive ketones (excluding diaryl/α,β-unsaturated/α-hetero) is 1. The minimum atomic E-state index is -0.0471. The van der Waals surface area contributed by atoms with Gasteiger partial charge in [-0.15, -0.1) is 0 Å². The van der Waals surface area contributed by atoms with E-state index in [1.54, 1.807) is 12.0 Å². The normalized spacial score (nSPS) is 17.7. The molecule has 1 atom stereocenters. The third kappa shape index (κ3) is 4.48. The maximum atomic E-state index is 13.0. The number of hydrogen-bond donors (Lipinski definition) is 0. The summed E-state index contributed by atoms with van der Waals surface area (Å²) in [6.45, 7) is 4.60. The molecule has 1 saturated heterocycles. The monoisotopic (exact) mass is 368 g/mol. The van der Waals surface area contributed by atoms with Gasteiger partial charge in [-0.2, -0.15) is 0 Å². The van der Waals surface area contributed by atoms with Gasteiger partial charge in [0, 0.05) is 31.6 Å². The number of likely N-dealkylation sites (tertiary alicyclic amines) is 1. The fourth-order valence-corrected chi connectivity index (χ4v) is 3.64. The van der Waals surface area contributed by atoms with Crippen molar-refractivity contribution in [2.45, 2.75) is 19.8 Å². The number of hydrogen-bond acceptors (Lipinski definition) is 4. The minimum Gasteiger partial charge on any atom is -0.497 e. The second kappa shape index (κ2) is 8.53. The van der Waals surface area contributed by atoms with E-state index in [0.717, 1.165) is 41.5 Å². The van der Waals surface area contributed by atoms with Crippen molar-refractivity contribution in [2.75, 3.05) is 40.3 Å². The summed E-state index contributed by atoms with van der Waals surface area (Å²) >= 11 is 0. The van der Waals surface area contributed by atoms with Crippen LogP contribution in [0.3, 0.4) is 0 Å². The van der Waals surface area contributed by atoms with Crippen molar-refractivity contribution in [3.63, 3.8) is 0 Å². The zero-order valence-corrected chi connectivity index (χ0v) is 16.4. The van der Waals surface area contributed by atoms with Crippen LogP contribution in [-0.2, 0) is 4.79 Å². The van der Waals surface area contributed by atoms with E-state index in [4.69, 9.17) is 4.74 Å². The van der Waals surface area contributed by atoms with Crippen LogP contribution in [0.1, 0.15) is 30.1 Å². The second-order valence-electron chi connectivity index (χ2n) is 7.27. The number of amides is 1. The highest BCUT2D eigenvalue weighted by Gasteiger charge is 2.28. The predicted molar refractivity (Wildman–Crippen MR) is 107 cm³/mol. The van der Waals surface area contributed by atoms with Crippen LogP contribution in [0.4, 0.5) is 0 Å². The highest BCUT2D eigenvalue weighted by Crippen LogP contribution is 2.25. The molecule has 0 saturated carbocycles. The van der Waals surface area contributed by atoms with Crippen LogP contribution in [0.15, 0.2) is 36.4 Å². The van der Waals surface area contributed by atoms with E-state index < -0.39 is 0 Å². The Labute approximate surface area is 160 Å². The van der Waals surface area contributed by atoms with Crippen molar-refractivity contribution in [2.24, 2.45) is 5.92 Å². The lowest BCUT2D eigenvalue weighted by molar-refractivity contribution is -0.131. The summed E-state index contributed by atoms with van der Waals surface area (Å²) in [5, 5.41) is 2.10. The van der Waals surface area contributed by atoms with Gasteiger partial charge in [-0.3, -0.25) is 14.5 Å². The summed E-state index contributed by atoms with van der Waals surface area (Å²) in [7, 11) is 3.47. The van der Waals surface area contributed by atoms with Crippen LogP contribution in [0, 0.1) is 5.92 Å². The Morgan fingerprint density at radius 2 is 1.93 bits per heavy atom. The van der Waals surface area contributed by atoms with Gasteiger partial charge in [0.1, 0.15) is 5.75 Å². The molecular formula is C22H28N2O3. The molecule has 2 aromatic rings. The quantitative estimate of drug-likeness (QED) is 0.735. The number of benzene rings is 2. The molecule has 1 aliphatic rings. The molecule has 27 heavy (non-hydrogen) atoms. The molecule has 3 rings (SSSR count). The van der Waals surface area contributed by atoms with Crippen LogP contribution in [0.2, 0.25) is 0 Å². The molecule has 0 unspecified atom stereocenters. The number of carbonyl (C=O) groups is 2. The van der Waals surface area contributed by atoms with E-state index in [2.05, 4.69) is 4.90 Å². The largest absolute Gasteiger partial charge is 0.497 e. The number of rotatable bonds is 6. The lowest BCUT2D eigenvalue weighted by atomic mass is 9.89. The van der Waals surface area contributed by atoms with Gasteiger partial charge in [-0.25, -0.2) is 0 Å². The average Bonchev–Trinajstić information content (AvgIpc) is 2.71. The molecule has 1 amide bonds. The number of likely N-dealkylation sites (N-methyl/N-ethyl adjacent to an activating group) is 1. The van der Waals surface area contributed by atoms with Gasteiger partial charge >= 0.3 is 0 Å². The van der Waals surface area contributed by atoms with Crippen LogP contribution in [-0.4, -0.2) is 61.8 Å². The number of ketones is 1. The van der Waals surface area contributed by atoms with Crippen molar-refractivity contribution in [3.05, 3.63) is 42.0 Å². The number of methoxy groups -OCH3 is 1. The Morgan fingerprint density at radius 1 is 1.19 bits per heavy atom. The summed E-state index contributed by atoms with van der Waals surface area (Å²) in [6.07, 6.45) is 1.83. The summed E-state index contributed by atoms with van der Waals surface area (Å²) in [4.78, 5) is 29.1. The maximum absolute atomic E-state index is 13.0. The Balaban J connectivity index is 1.71. The Morgan fingerprint density at radius 3 is 2.67 bits per heavy atom. The number of piperidine rings is 1. The van der Waals surface area contributed by atoms with Gasteiger partial charge in [-0.1, -0.05) is 18.2 Å². The summed E-state index contributed by atoms with van der Waals surface area (Å²) in [5.74, 6) is 1.05. The highest BCUT2D eigenvalue weighted by atomic mass is 16.5. The van der Waals surface area contributed by atoms with Crippen molar-refractivity contribution < 1.29 is 14.3 Å². The molecule has 5 heteroatoms. The molecule has 0 aromatic heterocycles. The highest BCUT2D eigenvalue weighted by molar-refractivity contribution is 6.01. The minimum absolute atomic E-state index is 0.0471. The molecule has 0 radical (unpaired) electrons. The van der Waals surface area contributed by atoms with Crippen LogP contribution >= 0.6 is 0 Å². The zero-order chi connectivity index (χ0) is 19.4. The van der Waals surface area contributed by atoms with E-state index in [0.29, 0.717) is 19.6 Å². The average molecular weight is 368 g/mol. The van der Waals surface area contributed by atoms with E-state index in [1.165, 1.54) is 0 Å². The first kappa shape index (κ1) is 19.4. The van der Waals surface area contributed by atoms with Crippen molar-refractivity contribution >= 4 is 22.5 Å². The number of nitrogens with zero attached hydrogens (tertiary/aromatic N) is 2. The second-order valence-corrected chi connectivity index (χ2v) is 7.27. The lowest BCUT2D eigenvalue weighted by Gasteiger charge is -2.32. The van der Waals surface area contributed by atoms with Crippen molar-refractivity contribution in [1.82, 2.24) is 9.80 Å². The molecule has 0 aliphatic carbocycles. The van der Waals surface area contributed by atoms with Crippen LogP contribution in [0.25, 0.3) is 10.8 Å². The molecule has 0 spiro atoms. The van der Waals surface area contributed by atoms with Gasteiger partial charge in [0.2, 0.25) is 5.91 Å². The molecule has 0 bridgehead atoms. The Hall–Kier alpha value is -2.40. The molecular weight excluding hydrogens is 340 g/mol. The van der Waals surface area contributed by atoms with Gasteiger partial charge in [0.05, 0.1) is 13.7 Å². The molecule has 5 nitrogen and oxygen atoms in total. The zero-order valence-electron chi connectivity index (χ0n) is 16.4. The molecule has 1 heterocycles. The topological polar surface area (TPSA) is 49.9 Å². The summed E-state index contributed by atoms with van der Waals surface area (Å²) in [5.41, 5.74) is 0.747. The molecule has 2 aromatic carbocycles.